The summed E-state index contributed by atoms with van der Waals surface area (Å²) in [5, 5.41) is -0.0689. The molecule has 1 aromatic carbocycles. The van der Waals surface area contributed by atoms with Crippen LogP contribution in [0.1, 0.15) is 13.3 Å². The smallest absolute Gasteiger partial charge is 0.169 e. The summed E-state index contributed by atoms with van der Waals surface area (Å²) in [6, 6.07) is 1.61. The van der Waals surface area contributed by atoms with Crippen LogP contribution in [0.4, 0.5) is 21.5 Å². The van der Waals surface area contributed by atoms with Gasteiger partial charge in [0.25, 0.3) is 0 Å². The molecule has 4 nitrogen and oxygen atoms in total. The Morgan fingerprint density at radius 3 is 2.89 bits per heavy atom. The van der Waals surface area contributed by atoms with Crippen LogP contribution in [-0.2, 0) is 4.74 Å². The van der Waals surface area contributed by atoms with Crippen LogP contribution in [0.15, 0.2) is 6.07 Å². The van der Waals surface area contributed by atoms with E-state index < -0.39 is 5.82 Å². The molecule has 0 spiro atoms. The first-order valence-electron chi connectivity index (χ1n) is 5.93. The molecule has 1 unspecified atom stereocenters. The van der Waals surface area contributed by atoms with Crippen LogP contribution in [-0.4, -0.2) is 25.8 Å². The van der Waals surface area contributed by atoms with Gasteiger partial charge in [-0.15, -0.1) is 0 Å². The van der Waals surface area contributed by atoms with Crippen LogP contribution >= 0.6 is 11.6 Å². The number of hydrogen-bond donors (Lipinski definition) is 2. The van der Waals surface area contributed by atoms with E-state index in [0.29, 0.717) is 31.1 Å². The Morgan fingerprint density at radius 2 is 2.22 bits per heavy atom. The number of halogens is 2. The number of nitrogens with two attached hydrogens (primary N) is 2. The van der Waals surface area contributed by atoms with E-state index in [2.05, 4.69) is 0 Å². The monoisotopic (exact) mass is 273 g/mol. The van der Waals surface area contributed by atoms with Gasteiger partial charge < -0.3 is 21.1 Å². The lowest BCUT2D eigenvalue weighted by molar-refractivity contribution is 0.0927. The summed E-state index contributed by atoms with van der Waals surface area (Å²) in [5.74, 6) is -0.547. The highest BCUT2D eigenvalue weighted by atomic mass is 35.5. The van der Waals surface area contributed by atoms with E-state index in [1.165, 1.54) is 6.07 Å². The average molecular weight is 274 g/mol. The molecule has 1 aliphatic heterocycles. The molecule has 6 heteroatoms. The van der Waals surface area contributed by atoms with Crippen LogP contribution < -0.4 is 16.4 Å². The highest BCUT2D eigenvalue weighted by Crippen LogP contribution is 2.37. The van der Waals surface area contributed by atoms with Crippen LogP contribution in [0.3, 0.4) is 0 Å². The van der Waals surface area contributed by atoms with Gasteiger partial charge in [-0.3, -0.25) is 0 Å². The average Bonchev–Trinajstić information content (AvgIpc) is 2.37. The lowest BCUT2D eigenvalue weighted by atomic mass is 10.1. The summed E-state index contributed by atoms with van der Waals surface area (Å²) in [4.78, 5) is 1.92. The van der Waals surface area contributed by atoms with Gasteiger partial charge in [0.2, 0.25) is 0 Å². The van der Waals surface area contributed by atoms with E-state index in [-0.39, 0.29) is 16.8 Å². The first kappa shape index (κ1) is 13.2. The molecule has 2 rings (SSSR count). The van der Waals surface area contributed by atoms with Crippen LogP contribution in [0.2, 0.25) is 5.02 Å². The first-order valence-corrected chi connectivity index (χ1v) is 6.31. The molecule has 4 N–H and O–H groups in total. The first-order chi connectivity index (χ1) is 8.56. The van der Waals surface area contributed by atoms with Gasteiger partial charge in [0.05, 0.1) is 36.3 Å². The number of morpholine rings is 1. The molecule has 1 saturated heterocycles. The predicted octanol–water partition coefficient (Wildman–Crippen LogP) is 2.26. The number of anilines is 3. The summed E-state index contributed by atoms with van der Waals surface area (Å²) in [6.45, 7) is 3.74. The molecule has 0 amide bonds. The number of nitrogens with zero attached hydrogens (tertiary/aromatic N) is 1. The van der Waals surface area contributed by atoms with Gasteiger partial charge in [-0.05, 0) is 12.5 Å². The van der Waals surface area contributed by atoms with Crippen LogP contribution in [0, 0.1) is 5.82 Å². The fraction of sp³-hybridized carbons (Fsp3) is 0.500. The molecule has 1 aliphatic rings. The van der Waals surface area contributed by atoms with Crippen LogP contribution in [0.5, 0.6) is 0 Å². The van der Waals surface area contributed by atoms with Crippen molar-refractivity contribution < 1.29 is 9.13 Å². The SMILES string of the molecule is CCC1COCCN1c1c(N)cc(N)c(Cl)c1F. The van der Waals surface area contributed by atoms with Crippen molar-refractivity contribution in [3.63, 3.8) is 0 Å². The topological polar surface area (TPSA) is 64.5 Å². The van der Waals surface area contributed by atoms with Crippen LogP contribution in [0.25, 0.3) is 0 Å². The van der Waals surface area contributed by atoms with Crippen molar-refractivity contribution in [3.05, 3.63) is 16.9 Å². The standard InChI is InChI=1S/C12H17ClFN3O/c1-2-7-6-18-4-3-17(7)12-9(16)5-8(15)10(13)11(12)14/h5,7H,2-4,6,15-16H2,1H3. The number of ether oxygens (including phenoxy) is 1. The normalized spacial score (nSPS) is 20.2. The summed E-state index contributed by atoms with van der Waals surface area (Å²) in [6.07, 6.45) is 0.848. The third kappa shape index (κ3) is 2.20. The second-order valence-electron chi connectivity index (χ2n) is 4.36. The molecule has 1 atom stereocenters. The van der Waals surface area contributed by atoms with E-state index in [1.54, 1.807) is 0 Å². The Bertz CT molecular complexity index is 455. The Balaban J connectivity index is 2.46. The maximum Gasteiger partial charge on any atom is 0.169 e. The maximum atomic E-state index is 14.2. The van der Waals surface area contributed by atoms with Crippen molar-refractivity contribution >= 4 is 28.7 Å². The molecule has 1 aromatic rings. The lowest BCUT2D eigenvalue weighted by Crippen LogP contribution is -2.46. The van der Waals surface area contributed by atoms with E-state index >= 15 is 0 Å². The summed E-state index contributed by atoms with van der Waals surface area (Å²) >= 11 is 5.85. The van der Waals surface area contributed by atoms with Crippen molar-refractivity contribution in [2.45, 2.75) is 19.4 Å². The van der Waals surface area contributed by atoms with E-state index in [9.17, 15) is 4.39 Å². The predicted molar refractivity (Wildman–Crippen MR) is 72.5 cm³/mol. The Labute approximate surface area is 111 Å². The molecule has 0 aromatic heterocycles. The highest BCUT2D eigenvalue weighted by Gasteiger charge is 2.27. The van der Waals surface area contributed by atoms with Crippen molar-refractivity contribution in [3.8, 4) is 0 Å². The second-order valence-corrected chi connectivity index (χ2v) is 4.74. The molecule has 1 fully saturated rings. The summed E-state index contributed by atoms with van der Waals surface area (Å²) < 4.78 is 19.6. The molecule has 1 heterocycles. The van der Waals surface area contributed by atoms with Crippen molar-refractivity contribution in [2.24, 2.45) is 0 Å². The summed E-state index contributed by atoms with van der Waals surface area (Å²) in [5.41, 5.74) is 12.3. The maximum absolute atomic E-state index is 14.2. The van der Waals surface area contributed by atoms with Gasteiger partial charge in [0.1, 0.15) is 5.02 Å². The zero-order chi connectivity index (χ0) is 13.3. The molecular weight excluding hydrogens is 257 g/mol. The fourth-order valence-corrected chi connectivity index (χ4v) is 2.38. The summed E-state index contributed by atoms with van der Waals surface area (Å²) in [7, 11) is 0. The van der Waals surface area contributed by atoms with Crippen molar-refractivity contribution in [2.75, 3.05) is 36.1 Å². The molecule has 0 radical (unpaired) electrons. The molecule has 18 heavy (non-hydrogen) atoms. The van der Waals surface area contributed by atoms with Gasteiger partial charge in [0.15, 0.2) is 5.82 Å². The van der Waals surface area contributed by atoms with Gasteiger partial charge in [-0.25, -0.2) is 4.39 Å². The molecule has 100 valence electrons. The zero-order valence-electron chi connectivity index (χ0n) is 10.2. The zero-order valence-corrected chi connectivity index (χ0v) is 11.0. The van der Waals surface area contributed by atoms with E-state index in [0.717, 1.165) is 6.42 Å². The number of hydrogen-bond acceptors (Lipinski definition) is 4. The number of nitrogen functional groups attached to an aromatic ring is 2. The van der Waals surface area contributed by atoms with Crippen molar-refractivity contribution in [1.29, 1.82) is 0 Å². The Hall–Kier alpha value is -1.20. The molecule has 0 bridgehead atoms. The largest absolute Gasteiger partial charge is 0.397 e. The third-order valence-corrected chi connectivity index (χ3v) is 3.61. The van der Waals surface area contributed by atoms with Gasteiger partial charge in [0, 0.05) is 6.54 Å². The van der Waals surface area contributed by atoms with Crippen molar-refractivity contribution in [1.82, 2.24) is 0 Å². The van der Waals surface area contributed by atoms with Gasteiger partial charge in [-0.1, -0.05) is 18.5 Å². The number of benzene rings is 1. The molecule has 0 saturated carbocycles. The molecule has 0 aliphatic carbocycles. The Kier molecular flexibility index (Phi) is 3.82. The minimum Gasteiger partial charge on any atom is -0.397 e. The quantitative estimate of drug-likeness (QED) is 0.812. The minimum atomic E-state index is -0.547. The highest BCUT2D eigenvalue weighted by molar-refractivity contribution is 6.33. The van der Waals surface area contributed by atoms with E-state index in [4.69, 9.17) is 27.8 Å². The van der Waals surface area contributed by atoms with E-state index in [1.807, 2.05) is 11.8 Å². The number of rotatable bonds is 2. The van der Waals surface area contributed by atoms with Gasteiger partial charge >= 0.3 is 0 Å². The second kappa shape index (κ2) is 5.20. The molecular formula is C12H17ClFN3O. The lowest BCUT2D eigenvalue weighted by Gasteiger charge is -2.37. The minimum absolute atomic E-state index is 0.0689. The van der Waals surface area contributed by atoms with Gasteiger partial charge in [-0.2, -0.15) is 0 Å². The third-order valence-electron chi connectivity index (χ3n) is 3.22. The Morgan fingerprint density at radius 1 is 1.50 bits per heavy atom. The fourth-order valence-electron chi connectivity index (χ4n) is 2.24.